The van der Waals surface area contributed by atoms with E-state index in [-0.39, 0.29) is 30.5 Å². The largest absolute Gasteiger partial charge is 0.478 e. The van der Waals surface area contributed by atoms with E-state index in [0.29, 0.717) is 30.2 Å². The second-order valence-electron chi connectivity index (χ2n) is 6.57. The molecule has 0 fully saturated rings. The average molecular weight is 385 g/mol. The van der Waals surface area contributed by atoms with Gasteiger partial charge in [0.1, 0.15) is 12.3 Å². The number of carboxylic acids is 1. The minimum absolute atomic E-state index is 0.000318. The maximum absolute atomic E-state index is 12.8. The van der Waals surface area contributed by atoms with Crippen LogP contribution in [0.5, 0.6) is 0 Å². The quantitative estimate of drug-likeness (QED) is 0.722. The van der Waals surface area contributed by atoms with Crippen LogP contribution < -0.4 is 15.1 Å². The first-order valence-corrected chi connectivity index (χ1v) is 9.22. The Balaban J connectivity index is 1.82. The molecule has 0 saturated heterocycles. The summed E-state index contributed by atoms with van der Waals surface area (Å²) in [6.07, 6.45) is 3.30. The smallest absolute Gasteiger partial charge is 0.335 e. The summed E-state index contributed by atoms with van der Waals surface area (Å²) in [7, 11) is 0. The molecule has 0 spiro atoms. The van der Waals surface area contributed by atoms with Gasteiger partial charge in [-0.05, 0) is 36.8 Å². The van der Waals surface area contributed by atoms with Crippen LogP contribution in [0.25, 0.3) is 0 Å². The van der Waals surface area contributed by atoms with Gasteiger partial charge in [0.25, 0.3) is 0 Å². The number of hydrogen-bond donors (Lipinski definition) is 2. The number of carbonyl (C=O) groups excluding carboxylic acids is 2. The Hall–Kier alpha value is -3.13. The predicted octanol–water partition coefficient (Wildman–Crippen LogP) is 2.25. The number of unbranched alkanes of at least 4 members (excludes halogenated alkanes) is 1. The Morgan fingerprint density at radius 1 is 1.25 bits per heavy atom. The van der Waals surface area contributed by atoms with Crippen molar-refractivity contribution >= 4 is 29.2 Å². The van der Waals surface area contributed by atoms with Crippen LogP contribution in [0.2, 0.25) is 0 Å². The summed E-state index contributed by atoms with van der Waals surface area (Å²) >= 11 is 0. The van der Waals surface area contributed by atoms with Crippen LogP contribution in [0, 0.1) is 0 Å². The van der Waals surface area contributed by atoms with Gasteiger partial charge in [-0.3, -0.25) is 14.5 Å². The lowest BCUT2D eigenvalue weighted by molar-refractivity contribution is -0.122. The lowest BCUT2D eigenvalue weighted by atomic mass is 10.1. The first-order valence-electron chi connectivity index (χ1n) is 9.22. The summed E-state index contributed by atoms with van der Waals surface area (Å²) in [5.74, 6) is -0.868. The van der Waals surface area contributed by atoms with Crippen LogP contribution >= 0.6 is 0 Å². The average Bonchev–Trinajstić information content (AvgIpc) is 3.19. The first kappa shape index (κ1) is 19.6. The molecule has 0 saturated carbocycles. The maximum atomic E-state index is 12.8. The molecule has 8 nitrogen and oxygen atoms in total. The van der Waals surface area contributed by atoms with Crippen molar-refractivity contribution in [2.75, 3.05) is 29.4 Å². The SMILES string of the molecule is CCCCN1C(=O)CN(C(=O)CNCc2ccco2)c2cc(C(=O)O)ccc21. The highest BCUT2D eigenvalue weighted by Gasteiger charge is 2.32. The molecular formula is C20H23N3O5. The minimum Gasteiger partial charge on any atom is -0.478 e. The fourth-order valence-corrected chi connectivity index (χ4v) is 3.13. The van der Waals surface area contributed by atoms with Gasteiger partial charge in [0.2, 0.25) is 11.8 Å². The standard InChI is InChI=1S/C20H23N3O5/c1-2-3-8-22-16-7-6-14(20(26)27)10-17(16)23(13-19(22)25)18(24)12-21-11-15-5-4-9-28-15/h4-7,9-10,21H,2-3,8,11-13H2,1H3,(H,26,27). The van der Waals surface area contributed by atoms with Gasteiger partial charge in [0.15, 0.2) is 0 Å². The second kappa shape index (κ2) is 8.71. The minimum atomic E-state index is -1.08. The van der Waals surface area contributed by atoms with Gasteiger partial charge in [0.05, 0.1) is 36.3 Å². The summed E-state index contributed by atoms with van der Waals surface area (Å²) in [6.45, 7) is 2.84. The number of anilines is 2. The van der Waals surface area contributed by atoms with Gasteiger partial charge in [-0.25, -0.2) is 4.79 Å². The third-order valence-corrected chi connectivity index (χ3v) is 4.59. The van der Waals surface area contributed by atoms with Crippen LogP contribution in [-0.2, 0) is 16.1 Å². The zero-order chi connectivity index (χ0) is 20.1. The summed E-state index contributed by atoms with van der Waals surface area (Å²) in [4.78, 5) is 39.7. The van der Waals surface area contributed by atoms with Crippen LogP contribution in [0.3, 0.4) is 0 Å². The van der Waals surface area contributed by atoms with Gasteiger partial charge < -0.3 is 19.7 Å². The van der Waals surface area contributed by atoms with Crippen LogP contribution in [-0.4, -0.2) is 42.5 Å². The van der Waals surface area contributed by atoms with Crippen molar-refractivity contribution in [1.82, 2.24) is 5.32 Å². The van der Waals surface area contributed by atoms with Crippen molar-refractivity contribution in [2.45, 2.75) is 26.3 Å². The van der Waals surface area contributed by atoms with Gasteiger partial charge in [-0.15, -0.1) is 0 Å². The Labute approximate surface area is 162 Å². The van der Waals surface area contributed by atoms with Gasteiger partial charge >= 0.3 is 5.97 Å². The summed E-state index contributed by atoms with van der Waals surface area (Å²) in [5.41, 5.74) is 1.08. The van der Waals surface area contributed by atoms with E-state index in [2.05, 4.69) is 5.32 Å². The highest BCUT2D eigenvalue weighted by atomic mass is 16.4. The predicted molar refractivity (Wildman–Crippen MR) is 103 cm³/mol. The molecule has 0 atom stereocenters. The van der Waals surface area contributed by atoms with E-state index in [4.69, 9.17) is 4.42 Å². The van der Waals surface area contributed by atoms with Crippen LogP contribution in [0.1, 0.15) is 35.9 Å². The van der Waals surface area contributed by atoms with Gasteiger partial charge in [-0.2, -0.15) is 0 Å². The number of nitrogens with one attached hydrogen (secondary N) is 1. The molecule has 8 heteroatoms. The molecule has 1 aliphatic heterocycles. The van der Waals surface area contributed by atoms with Crippen molar-refractivity contribution in [1.29, 1.82) is 0 Å². The number of carbonyl (C=O) groups is 3. The lowest BCUT2D eigenvalue weighted by Crippen LogP contribution is -2.50. The molecule has 1 aromatic carbocycles. The molecule has 0 unspecified atom stereocenters. The van der Waals surface area contributed by atoms with E-state index in [1.165, 1.54) is 17.0 Å². The van der Waals surface area contributed by atoms with E-state index >= 15 is 0 Å². The summed E-state index contributed by atoms with van der Waals surface area (Å²) in [5, 5.41) is 12.3. The maximum Gasteiger partial charge on any atom is 0.335 e. The number of benzene rings is 1. The number of amides is 2. The molecule has 0 radical (unpaired) electrons. The molecule has 2 aromatic rings. The zero-order valence-corrected chi connectivity index (χ0v) is 15.7. The van der Waals surface area contributed by atoms with Crippen molar-refractivity contribution < 1.29 is 23.9 Å². The number of fused-ring (bicyclic) bond motifs is 1. The fourth-order valence-electron chi connectivity index (χ4n) is 3.13. The van der Waals surface area contributed by atoms with E-state index in [0.717, 1.165) is 12.8 Å². The van der Waals surface area contributed by atoms with Crippen molar-refractivity contribution in [3.63, 3.8) is 0 Å². The molecule has 148 valence electrons. The Morgan fingerprint density at radius 3 is 2.75 bits per heavy atom. The Bertz CT molecular complexity index is 863. The molecule has 1 aromatic heterocycles. The molecule has 2 amide bonds. The molecule has 2 heterocycles. The highest BCUT2D eigenvalue weighted by molar-refractivity contribution is 6.12. The fraction of sp³-hybridized carbons (Fsp3) is 0.350. The lowest BCUT2D eigenvalue weighted by Gasteiger charge is -2.36. The normalized spacial score (nSPS) is 13.5. The number of rotatable bonds is 8. The Kier molecular flexibility index (Phi) is 6.10. The van der Waals surface area contributed by atoms with Gasteiger partial charge in [-0.1, -0.05) is 13.3 Å². The van der Waals surface area contributed by atoms with E-state index in [1.54, 1.807) is 29.4 Å². The highest BCUT2D eigenvalue weighted by Crippen LogP contribution is 2.35. The third-order valence-electron chi connectivity index (χ3n) is 4.59. The molecule has 1 aliphatic rings. The van der Waals surface area contributed by atoms with E-state index in [1.807, 2.05) is 6.92 Å². The molecular weight excluding hydrogens is 362 g/mol. The number of aromatic carboxylic acids is 1. The molecule has 0 aliphatic carbocycles. The molecule has 28 heavy (non-hydrogen) atoms. The monoisotopic (exact) mass is 385 g/mol. The molecule has 2 N–H and O–H groups in total. The van der Waals surface area contributed by atoms with Crippen molar-refractivity contribution in [3.8, 4) is 0 Å². The first-order chi connectivity index (χ1) is 13.5. The number of nitrogens with zero attached hydrogens (tertiary/aromatic N) is 2. The topological polar surface area (TPSA) is 103 Å². The van der Waals surface area contributed by atoms with Gasteiger partial charge in [0, 0.05) is 6.54 Å². The molecule has 3 rings (SSSR count). The summed E-state index contributed by atoms with van der Waals surface area (Å²) in [6, 6.07) is 8.06. The third kappa shape index (κ3) is 4.23. The van der Waals surface area contributed by atoms with Crippen LogP contribution in [0.15, 0.2) is 41.0 Å². The molecule has 0 bridgehead atoms. The number of carboxylic acid groups (broad SMARTS) is 1. The second-order valence-corrected chi connectivity index (χ2v) is 6.57. The summed E-state index contributed by atoms with van der Waals surface area (Å²) < 4.78 is 5.21. The van der Waals surface area contributed by atoms with E-state index < -0.39 is 5.97 Å². The van der Waals surface area contributed by atoms with Crippen molar-refractivity contribution in [2.24, 2.45) is 0 Å². The number of furan rings is 1. The van der Waals surface area contributed by atoms with E-state index in [9.17, 15) is 19.5 Å². The van der Waals surface area contributed by atoms with Crippen molar-refractivity contribution in [3.05, 3.63) is 47.9 Å². The number of hydrogen-bond acceptors (Lipinski definition) is 5. The Morgan fingerprint density at radius 2 is 2.07 bits per heavy atom. The van der Waals surface area contributed by atoms with Crippen LogP contribution in [0.4, 0.5) is 11.4 Å². The zero-order valence-electron chi connectivity index (χ0n) is 15.7.